The van der Waals surface area contributed by atoms with E-state index in [2.05, 4.69) is 4.74 Å². The molecular weight excluding hydrogens is 277 g/mol. The lowest BCUT2D eigenvalue weighted by atomic mass is 9.94. The van der Waals surface area contributed by atoms with E-state index < -0.39 is 36.3 Å². The molecular formula is C13H15F3O4. The molecule has 0 aliphatic carbocycles. The van der Waals surface area contributed by atoms with Crippen LogP contribution in [-0.4, -0.2) is 29.4 Å². The van der Waals surface area contributed by atoms with E-state index in [1.807, 2.05) is 0 Å². The highest BCUT2D eigenvalue weighted by Crippen LogP contribution is 2.35. The summed E-state index contributed by atoms with van der Waals surface area (Å²) in [5, 5.41) is 19.5. The van der Waals surface area contributed by atoms with Gasteiger partial charge in [0.25, 0.3) is 0 Å². The lowest BCUT2D eigenvalue weighted by Crippen LogP contribution is -2.24. The van der Waals surface area contributed by atoms with E-state index in [9.17, 15) is 28.2 Å². The van der Waals surface area contributed by atoms with Gasteiger partial charge in [0.2, 0.25) is 0 Å². The summed E-state index contributed by atoms with van der Waals surface area (Å²) in [6, 6.07) is 3.30. The summed E-state index contributed by atoms with van der Waals surface area (Å²) < 4.78 is 42.5. The largest absolute Gasteiger partial charge is 0.469 e. The molecule has 1 aromatic carbocycles. The number of aliphatic hydroxyl groups is 2. The van der Waals surface area contributed by atoms with Crippen molar-refractivity contribution in [1.29, 1.82) is 0 Å². The van der Waals surface area contributed by atoms with Gasteiger partial charge in [-0.1, -0.05) is 12.1 Å². The fraction of sp³-hybridized carbons (Fsp3) is 0.462. The zero-order valence-electron chi connectivity index (χ0n) is 10.9. The fourth-order valence-corrected chi connectivity index (χ4v) is 1.85. The lowest BCUT2D eigenvalue weighted by molar-refractivity contribution is -0.145. The van der Waals surface area contributed by atoms with Crippen molar-refractivity contribution in [2.24, 2.45) is 0 Å². The first-order valence-corrected chi connectivity index (χ1v) is 5.78. The zero-order valence-corrected chi connectivity index (χ0v) is 10.9. The second kappa shape index (κ2) is 6.23. The van der Waals surface area contributed by atoms with Crippen LogP contribution in [0.2, 0.25) is 0 Å². The van der Waals surface area contributed by atoms with Crippen molar-refractivity contribution in [2.45, 2.75) is 31.7 Å². The van der Waals surface area contributed by atoms with Gasteiger partial charge in [0.05, 0.1) is 25.2 Å². The summed E-state index contributed by atoms with van der Waals surface area (Å²) in [5.41, 5.74) is -1.15. The van der Waals surface area contributed by atoms with Crippen LogP contribution in [0.1, 0.15) is 29.2 Å². The first-order valence-electron chi connectivity index (χ1n) is 5.78. The van der Waals surface area contributed by atoms with Crippen molar-refractivity contribution in [3.63, 3.8) is 0 Å². The highest BCUT2D eigenvalue weighted by atomic mass is 19.4. The number of carbonyl (C=O) groups is 1. The van der Waals surface area contributed by atoms with Crippen molar-refractivity contribution in [3.8, 4) is 0 Å². The molecule has 2 atom stereocenters. The molecule has 0 spiro atoms. The Morgan fingerprint density at radius 2 is 1.95 bits per heavy atom. The number of halogens is 3. The van der Waals surface area contributed by atoms with Crippen molar-refractivity contribution in [2.75, 3.05) is 7.11 Å². The van der Waals surface area contributed by atoms with E-state index in [1.165, 1.54) is 13.0 Å². The molecule has 0 amide bonds. The van der Waals surface area contributed by atoms with Crippen LogP contribution in [-0.2, 0) is 15.7 Å². The first-order chi connectivity index (χ1) is 9.18. The molecule has 112 valence electrons. The van der Waals surface area contributed by atoms with Crippen molar-refractivity contribution < 1.29 is 32.9 Å². The van der Waals surface area contributed by atoms with E-state index in [0.29, 0.717) is 0 Å². The molecule has 0 aromatic heterocycles. The third-order valence-electron chi connectivity index (χ3n) is 2.97. The number of rotatable bonds is 4. The molecule has 0 fully saturated rings. The van der Waals surface area contributed by atoms with E-state index in [-0.39, 0.29) is 11.1 Å². The molecule has 0 saturated heterocycles. The predicted octanol–water partition coefficient (Wildman–Crippen LogP) is 1.97. The molecule has 0 radical (unpaired) electrons. The van der Waals surface area contributed by atoms with Crippen LogP contribution in [0.15, 0.2) is 18.2 Å². The minimum Gasteiger partial charge on any atom is -0.469 e. The van der Waals surface area contributed by atoms with Crippen molar-refractivity contribution in [3.05, 3.63) is 34.9 Å². The summed E-state index contributed by atoms with van der Waals surface area (Å²) in [4.78, 5) is 11.0. The zero-order chi connectivity index (χ0) is 15.5. The predicted molar refractivity (Wildman–Crippen MR) is 63.8 cm³/mol. The Balaban J connectivity index is 3.05. The summed E-state index contributed by atoms with van der Waals surface area (Å²) in [5.74, 6) is -0.763. The Labute approximate surface area is 113 Å². The van der Waals surface area contributed by atoms with Gasteiger partial charge < -0.3 is 14.9 Å². The maximum absolute atomic E-state index is 12.7. The number of alkyl halides is 3. The average Bonchev–Trinajstić information content (AvgIpc) is 2.36. The number of aliphatic hydroxyl groups excluding tert-OH is 2. The van der Waals surface area contributed by atoms with Crippen LogP contribution in [0.4, 0.5) is 13.2 Å². The molecule has 0 heterocycles. The Morgan fingerprint density at radius 1 is 1.35 bits per heavy atom. The summed E-state index contributed by atoms with van der Waals surface area (Å²) in [6.07, 6.45) is -8.19. The standard InChI is InChI=1S/C13H15F3O4/c1-7-8(4-3-5-9(7)13(14,15)16)12(19)10(17)6-11(18)20-2/h3-5,10,12,17,19H,6H2,1-2H3. The smallest absolute Gasteiger partial charge is 0.416 e. The van der Waals surface area contributed by atoms with E-state index in [4.69, 9.17) is 0 Å². The number of ether oxygens (including phenoxy) is 1. The molecule has 1 rings (SSSR count). The quantitative estimate of drug-likeness (QED) is 0.833. The molecule has 0 saturated carbocycles. The third-order valence-corrected chi connectivity index (χ3v) is 2.97. The molecule has 2 unspecified atom stereocenters. The monoisotopic (exact) mass is 292 g/mol. The number of benzene rings is 1. The van der Waals surface area contributed by atoms with Gasteiger partial charge in [-0.3, -0.25) is 4.79 Å². The second-order valence-electron chi connectivity index (χ2n) is 4.31. The molecule has 4 nitrogen and oxygen atoms in total. The molecule has 0 aliphatic rings. The molecule has 0 aliphatic heterocycles. The van der Waals surface area contributed by atoms with Gasteiger partial charge in [0.1, 0.15) is 6.10 Å². The van der Waals surface area contributed by atoms with Gasteiger partial charge in [-0.25, -0.2) is 0 Å². The van der Waals surface area contributed by atoms with E-state index >= 15 is 0 Å². The molecule has 0 bridgehead atoms. The van der Waals surface area contributed by atoms with Gasteiger partial charge in [0, 0.05) is 0 Å². The molecule has 7 heteroatoms. The average molecular weight is 292 g/mol. The molecule has 20 heavy (non-hydrogen) atoms. The van der Waals surface area contributed by atoms with Crippen molar-refractivity contribution in [1.82, 2.24) is 0 Å². The number of esters is 1. The van der Waals surface area contributed by atoms with Crippen LogP contribution in [0, 0.1) is 6.92 Å². The maximum Gasteiger partial charge on any atom is 0.416 e. The number of carbonyl (C=O) groups excluding carboxylic acids is 1. The van der Waals surface area contributed by atoms with Gasteiger partial charge in [-0.05, 0) is 24.1 Å². The third kappa shape index (κ3) is 3.71. The Kier molecular flexibility index (Phi) is 5.13. The first kappa shape index (κ1) is 16.5. The van der Waals surface area contributed by atoms with E-state index in [0.717, 1.165) is 19.2 Å². The fourth-order valence-electron chi connectivity index (χ4n) is 1.85. The normalized spacial score (nSPS) is 14.8. The van der Waals surface area contributed by atoms with Crippen LogP contribution < -0.4 is 0 Å². The van der Waals surface area contributed by atoms with Gasteiger partial charge >= 0.3 is 12.1 Å². The summed E-state index contributed by atoms with van der Waals surface area (Å²) >= 11 is 0. The SMILES string of the molecule is COC(=O)CC(O)C(O)c1cccc(C(F)(F)F)c1C. The molecule has 2 N–H and O–H groups in total. The topological polar surface area (TPSA) is 66.8 Å². The molecule has 1 aromatic rings. The Hall–Kier alpha value is -1.60. The number of hydrogen-bond acceptors (Lipinski definition) is 4. The summed E-state index contributed by atoms with van der Waals surface area (Å²) in [7, 11) is 1.11. The minimum atomic E-state index is -4.55. The summed E-state index contributed by atoms with van der Waals surface area (Å²) in [6.45, 7) is 1.20. The highest BCUT2D eigenvalue weighted by Gasteiger charge is 2.34. The van der Waals surface area contributed by atoms with Crippen LogP contribution in [0.3, 0.4) is 0 Å². The highest BCUT2D eigenvalue weighted by molar-refractivity contribution is 5.69. The number of methoxy groups -OCH3 is 1. The second-order valence-corrected chi connectivity index (χ2v) is 4.31. The lowest BCUT2D eigenvalue weighted by Gasteiger charge is -2.21. The van der Waals surface area contributed by atoms with Gasteiger partial charge in [-0.2, -0.15) is 13.2 Å². The van der Waals surface area contributed by atoms with Crippen LogP contribution in [0.5, 0.6) is 0 Å². The number of hydrogen-bond donors (Lipinski definition) is 2. The van der Waals surface area contributed by atoms with Crippen LogP contribution >= 0.6 is 0 Å². The van der Waals surface area contributed by atoms with Gasteiger partial charge in [-0.15, -0.1) is 0 Å². The Bertz CT molecular complexity index is 485. The van der Waals surface area contributed by atoms with Crippen molar-refractivity contribution >= 4 is 5.97 Å². The van der Waals surface area contributed by atoms with Gasteiger partial charge in [0.15, 0.2) is 0 Å². The maximum atomic E-state index is 12.7. The van der Waals surface area contributed by atoms with Crippen LogP contribution in [0.25, 0.3) is 0 Å². The van der Waals surface area contributed by atoms with E-state index in [1.54, 1.807) is 0 Å². The Morgan fingerprint density at radius 3 is 2.45 bits per heavy atom. The minimum absolute atomic E-state index is 0.0729.